The number of aryl methyl sites for hydroxylation is 1. The summed E-state index contributed by atoms with van der Waals surface area (Å²) in [6.07, 6.45) is 1.43. The van der Waals surface area contributed by atoms with E-state index in [-0.39, 0.29) is 64.5 Å². The summed E-state index contributed by atoms with van der Waals surface area (Å²) in [7, 11) is -0.947. The monoisotopic (exact) mass is 1000 g/mol. The number of nitrogens with one attached hydrogen (secondary N) is 3. The van der Waals surface area contributed by atoms with Crippen LogP contribution in [0.2, 0.25) is 5.02 Å². The number of benzene rings is 3. The number of methoxy groups -OCH3 is 1. The van der Waals surface area contributed by atoms with Gasteiger partial charge in [0.2, 0.25) is 21.8 Å². The second-order valence-electron chi connectivity index (χ2n) is 18.0. The maximum Gasteiger partial charge on any atom is 0.349 e. The van der Waals surface area contributed by atoms with Crippen molar-refractivity contribution in [1.29, 1.82) is 0 Å². The molecule has 1 unspecified atom stereocenters. The Morgan fingerprint density at radius 3 is 2.38 bits per heavy atom. The Labute approximate surface area is 406 Å². The van der Waals surface area contributed by atoms with Crippen LogP contribution in [0, 0.1) is 0 Å². The Morgan fingerprint density at radius 1 is 0.928 bits per heavy atom. The Kier molecular flexibility index (Phi) is 14.2. The average molecular weight is 1010 g/mol. The maximum atomic E-state index is 14.0. The molecule has 22 heteroatoms. The predicted octanol–water partition coefficient (Wildman–Crippen LogP) is 5.48. The Bertz CT molecular complexity index is 3010. The first-order valence-corrected chi connectivity index (χ1v) is 25.2. The summed E-state index contributed by atoms with van der Waals surface area (Å²) >= 11 is 7.53. The van der Waals surface area contributed by atoms with Gasteiger partial charge in [-0.15, -0.1) is 11.3 Å². The van der Waals surface area contributed by atoms with Gasteiger partial charge in [-0.05, 0) is 86.2 Å². The molecule has 4 amide bonds. The van der Waals surface area contributed by atoms with Crippen molar-refractivity contribution in [1.82, 2.24) is 28.6 Å². The first kappa shape index (κ1) is 49.2. The molecule has 5 heterocycles. The molecule has 3 aliphatic rings. The van der Waals surface area contributed by atoms with E-state index in [0.29, 0.717) is 78.3 Å². The number of fused-ring (bicyclic) bond motifs is 1. The van der Waals surface area contributed by atoms with Crippen molar-refractivity contribution in [3.05, 3.63) is 98.2 Å². The number of amides is 4. The van der Waals surface area contributed by atoms with Crippen LogP contribution >= 0.6 is 22.9 Å². The second-order valence-corrected chi connectivity index (χ2v) is 21.3. The number of piperazine rings is 1. The molecule has 0 radical (unpaired) electrons. The number of imide groups is 1. The summed E-state index contributed by atoms with van der Waals surface area (Å²) in [5, 5.41) is 18.7. The molecule has 3 fully saturated rings. The van der Waals surface area contributed by atoms with Crippen LogP contribution in [0.3, 0.4) is 0 Å². The highest BCUT2D eigenvalue weighted by atomic mass is 35.5. The van der Waals surface area contributed by atoms with Crippen LogP contribution in [0.1, 0.15) is 66.4 Å². The van der Waals surface area contributed by atoms with Crippen molar-refractivity contribution in [3.8, 4) is 16.2 Å². The summed E-state index contributed by atoms with van der Waals surface area (Å²) in [5.41, 5.74) is 3.56. The highest BCUT2D eigenvalue weighted by Crippen LogP contribution is 2.46. The van der Waals surface area contributed by atoms with E-state index >= 15 is 0 Å². The molecule has 19 nitrogen and oxygen atoms in total. The normalized spacial score (nSPS) is 19.0. The fraction of sp³-hybridized carbons (Fsp3) is 0.404. The number of imidazole rings is 1. The Morgan fingerprint density at radius 2 is 1.67 bits per heavy atom. The van der Waals surface area contributed by atoms with Gasteiger partial charge in [0.25, 0.3) is 0 Å². The van der Waals surface area contributed by atoms with E-state index in [2.05, 4.69) is 25.6 Å². The SMILES string of the molecule is COC(=O)COc1c(C(=O)O)sc(-c2cccc(N[C@H]3CCN(S(=O)(=O)Cc4cccc(NC(=O)N5CCN(Cc6ccc7c(c6)n(C)c(=O)n7C6CCC(=O)NC6=O)CC5)c4)C(C)(C)C3)c2)c1Cl. The molecule has 8 rings (SSSR count). The first-order chi connectivity index (χ1) is 32.8. The minimum Gasteiger partial charge on any atom is -0.479 e. The summed E-state index contributed by atoms with van der Waals surface area (Å²) in [6.45, 7) is 6.26. The number of halogens is 1. The van der Waals surface area contributed by atoms with Gasteiger partial charge in [0.15, 0.2) is 17.2 Å². The van der Waals surface area contributed by atoms with E-state index in [0.717, 1.165) is 22.6 Å². The number of carboxylic acids is 1. The van der Waals surface area contributed by atoms with Gasteiger partial charge in [-0.1, -0.05) is 41.9 Å². The van der Waals surface area contributed by atoms with Gasteiger partial charge in [0, 0.05) is 75.7 Å². The van der Waals surface area contributed by atoms with Gasteiger partial charge in [0.05, 0.1) is 28.8 Å². The lowest BCUT2D eigenvalue weighted by molar-refractivity contribution is -0.143. The molecule has 366 valence electrons. The minimum absolute atomic E-state index is 0.0596. The van der Waals surface area contributed by atoms with Crippen LogP contribution in [0.5, 0.6) is 5.75 Å². The molecule has 69 heavy (non-hydrogen) atoms. The molecule has 0 aliphatic carbocycles. The van der Waals surface area contributed by atoms with Crippen LogP contribution in [0.15, 0.2) is 71.5 Å². The van der Waals surface area contributed by atoms with Crippen molar-refractivity contribution in [2.45, 2.75) is 69.5 Å². The number of rotatable bonds is 14. The minimum atomic E-state index is -3.80. The number of hydrogen-bond donors (Lipinski definition) is 4. The van der Waals surface area contributed by atoms with Crippen LogP contribution in [0.4, 0.5) is 16.2 Å². The standard InChI is InChI=1S/C47H53ClN8O11S2/c1-47(2)24-33(49-32-10-6-8-30(23-32)41-39(48)40(42(68-41)44(60)61)67-26-38(58)66-4)15-16-55(47)69(64,65)27-29-7-5-9-31(21-29)50-45(62)54-19-17-53(18-20-54)25-28-11-12-34-36(22-28)52(3)46(63)56(34)35-13-14-37(57)51-43(35)59/h5-12,21-23,33,35,49H,13-20,24-27H2,1-4H3,(H,50,62)(H,60,61)(H,51,57,59)/t33-,35?/m0/s1. The molecule has 4 N–H and O–H groups in total. The third-order valence-electron chi connectivity index (χ3n) is 12.8. The topological polar surface area (TPSA) is 231 Å². The maximum absolute atomic E-state index is 14.0. The largest absolute Gasteiger partial charge is 0.479 e. The quantitative estimate of drug-likeness (QED) is 0.0799. The number of anilines is 2. The highest BCUT2D eigenvalue weighted by molar-refractivity contribution is 7.88. The first-order valence-electron chi connectivity index (χ1n) is 22.4. The van der Waals surface area contributed by atoms with Crippen molar-refractivity contribution in [2.24, 2.45) is 7.05 Å². The van der Waals surface area contributed by atoms with E-state index in [9.17, 15) is 42.3 Å². The number of ether oxygens (including phenoxy) is 2. The van der Waals surface area contributed by atoms with Gasteiger partial charge in [-0.3, -0.25) is 28.9 Å². The van der Waals surface area contributed by atoms with Crippen molar-refractivity contribution in [3.63, 3.8) is 0 Å². The van der Waals surface area contributed by atoms with Gasteiger partial charge in [0.1, 0.15) is 11.1 Å². The number of sulfonamides is 1. The van der Waals surface area contributed by atoms with E-state index in [4.69, 9.17) is 16.3 Å². The van der Waals surface area contributed by atoms with E-state index < -0.39 is 46.1 Å². The molecular weight excluding hydrogens is 952 g/mol. The fourth-order valence-electron chi connectivity index (χ4n) is 9.38. The summed E-state index contributed by atoms with van der Waals surface area (Å²) in [4.78, 5) is 78.9. The van der Waals surface area contributed by atoms with Crippen molar-refractivity contribution >= 4 is 85.2 Å². The fourth-order valence-corrected chi connectivity index (χ4v) is 12.8. The van der Waals surface area contributed by atoms with Crippen LogP contribution in [-0.2, 0) is 48.5 Å². The number of hydrogen-bond acceptors (Lipinski definition) is 13. The zero-order valence-corrected chi connectivity index (χ0v) is 40.8. The molecule has 3 saturated heterocycles. The lowest BCUT2D eigenvalue weighted by Crippen LogP contribution is -2.55. The number of esters is 1. The predicted molar refractivity (Wildman–Crippen MR) is 260 cm³/mol. The average Bonchev–Trinajstić information content (AvgIpc) is 3.76. The number of urea groups is 1. The number of carbonyl (C=O) groups is 5. The van der Waals surface area contributed by atoms with E-state index in [1.54, 1.807) is 52.7 Å². The van der Waals surface area contributed by atoms with Gasteiger partial charge < -0.3 is 30.1 Å². The summed E-state index contributed by atoms with van der Waals surface area (Å²) in [6, 6.07) is 18.7. The third-order valence-corrected chi connectivity index (χ3v) is 16.5. The number of piperidine rings is 2. The Hall–Kier alpha value is -6.26. The number of aromatic nitrogens is 2. The van der Waals surface area contributed by atoms with Crippen LogP contribution < -0.4 is 26.4 Å². The highest BCUT2D eigenvalue weighted by Gasteiger charge is 2.42. The molecule has 2 aromatic heterocycles. The van der Waals surface area contributed by atoms with Gasteiger partial charge >= 0.3 is 23.7 Å². The molecule has 2 atom stereocenters. The summed E-state index contributed by atoms with van der Waals surface area (Å²) in [5.74, 6) is -3.14. The Balaban J connectivity index is 0.838. The molecule has 3 aromatic carbocycles. The summed E-state index contributed by atoms with van der Waals surface area (Å²) < 4.78 is 42.7. The molecule has 5 aromatic rings. The molecule has 0 saturated carbocycles. The zero-order chi connectivity index (χ0) is 49.4. The second kappa shape index (κ2) is 20.0. The van der Waals surface area contributed by atoms with E-state index in [1.807, 2.05) is 44.2 Å². The number of carboxylic acid groups (broad SMARTS) is 1. The van der Waals surface area contributed by atoms with Crippen molar-refractivity contribution < 1.29 is 47.0 Å². The lowest BCUT2D eigenvalue weighted by atomic mass is 9.89. The smallest absolute Gasteiger partial charge is 0.349 e. The molecule has 3 aliphatic heterocycles. The number of aromatic carboxylic acids is 1. The van der Waals surface area contributed by atoms with Crippen LogP contribution in [0.25, 0.3) is 21.5 Å². The number of thiophene rings is 1. The van der Waals surface area contributed by atoms with Crippen molar-refractivity contribution in [2.75, 3.05) is 57.1 Å². The molecule has 0 bridgehead atoms. The van der Waals surface area contributed by atoms with Gasteiger partial charge in [-0.25, -0.2) is 27.6 Å². The van der Waals surface area contributed by atoms with Crippen LogP contribution in [-0.4, -0.2) is 125 Å². The van der Waals surface area contributed by atoms with Gasteiger partial charge in [-0.2, -0.15) is 4.31 Å². The number of nitrogens with zero attached hydrogens (tertiary/aromatic N) is 5. The van der Waals surface area contributed by atoms with E-state index in [1.165, 1.54) is 16.2 Å². The molecule has 0 spiro atoms. The third kappa shape index (κ3) is 10.7. The number of carbonyl (C=O) groups excluding carboxylic acids is 4. The lowest BCUT2D eigenvalue weighted by Gasteiger charge is -2.45. The molecular formula is C47H53ClN8O11S2. The zero-order valence-electron chi connectivity index (χ0n) is 38.5.